The number of carbonyl (C=O) groups is 3. The van der Waals surface area contributed by atoms with E-state index in [2.05, 4.69) is 10.1 Å². The molecule has 1 N–H and O–H groups in total. The van der Waals surface area contributed by atoms with Gasteiger partial charge in [0.25, 0.3) is 5.91 Å². The number of anilines is 1. The monoisotopic (exact) mass is 265 g/mol. The topological polar surface area (TPSA) is 81.7 Å². The fourth-order valence-corrected chi connectivity index (χ4v) is 1.42. The number of nitrogens with one attached hydrogen (secondary N) is 1. The van der Waals surface area contributed by atoms with E-state index in [9.17, 15) is 14.4 Å². The van der Waals surface area contributed by atoms with Gasteiger partial charge in [0.1, 0.15) is 0 Å². The average molecular weight is 265 g/mol. The summed E-state index contributed by atoms with van der Waals surface area (Å²) >= 11 is 0. The van der Waals surface area contributed by atoms with E-state index in [4.69, 9.17) is 4.74 Å². The van der Waals surface area contributed by atoms with E-state index in [1.807, 2.05) is 0 Å². The van der Waals surface area contributed by atoms with Crippen LogP contribution >= 0.6 is 0 Å². The van der Waals surface area contributed by atoms with E-state index in [1.54, 1.807) is 18.2 Å². The van der Waals surface area contributed by atoms with Gasteiger partial charge in [0.05, 0.1) is 18.4 Å². The van der Waals surface area contributed by atoms with Gasteiger partial charge in [-0.25, -0.2) is 4.79 Å². The average Bonchev–Trinajstić information content (AvgIpc) is 2.37. The molecule has 0 fully saturated rings. The van der Waals surface area contributed by atoms with Crippen LogP contribution in [0.1, 0.15) is 24.2 Å². The van der Waals surface area contributed by atoms with Crippen molar-refractivity contribution in [3.8, 4) is 0 Å². The van der Waals surface area contributed by atoms with Crippen molar-refractivity contribution in [3.05, 3.63) is 29.8 Å². The lowest BCUT2D eigenvalue weighted by atomic mass is 10.1. The summed E-state index contributed by atoms with van der Waals surface area (Å²) in [5.74, 6) is -1.63. The molecular formula is C13H15NO5. The van der Waals surface area contributed by atoms with E-state index in [-0.39, 0.29) is 5.56 Å². The molecular weight excluding hydrogens is 250 g/mol. The summed E-state index contributed by atoms with van der Waals surface area (Å²) in [5, 5.41) is 2.51. The Bertz CT molecular complexity index is 498. The largest absolute Gasteiger partial charge is 0.465 e. The number of benzene rings is 1. The molecule has 1 aromatic rings. The number of amides is 1. The van der Waals surface area contributed by atoms with Crippen LogP contribution in [0.25, 0.3) is 0 Å². The van der Waals surface area contributed by atoms with Crippen molar-refractivity contribution < 1.29 is 23.9 Å². The van der Waals surface area contributed by atoms with Crippen molar-refractivity contribution >= 4 is 23.5 Å². The normalized spacial score (nSPS) is 11.3. The number of carbonyl (C=O) groups excluding carboxylic acids is 3. The van der Waals surface area contributed by atoms with Gasteiger partial charge in [0.2, 0.25) is 0 Å². The summed E-state index contributed by atoms with van der Waals surface area (Å²) in [4.78, 5) is 34.0. The highest BCUT2D eigenvalue weighted by Crippen LogP contribution is 2.16. The van der Waals surface area contributed by atoms with Gasteiger partial charge in [0, 0.05) is 6.92 Å². The van der Waals surface area contributed by atoms with E-state index in [1.165, 1.54) is 27.0 Å². The Morgan fingerprint density at radius 3 is 2.42 bits per heavy atom. The van der Waals surface area contributed by atoms with Crippen LogP contribution in [0.3, 0.4) is 0 Å². The molecule has 6 heteroatoms. The van der Waals surface area contributed by atoms with Gasteiger partial charge in [-0.3, -0.25) is 9.59 Å². The summed E-state index contributed by atoms with van der Waals surface area (Å²) < 4.78 is 9.35. The van der Waals surface area contributed by atoms with Crippen molar-refractivity contribution in [1.82, 2.24) is 0 Å². The lowest BCUT2D eigenvalue weighted by molar-refractivity contribution is -0.150. The second kappa shape index (κ2) is 6.53. The quantitative estimate of drug-likeness (QED) is 0.831. The SMILES string of the molecule is COC(=O)c1ccccc1NC(=O)[C@H](C)OC(C)=O. The molecule has 0 radical (unpaired) electrons. The van der Waals surface area contributed by atoms with Crippen LogP contribution in [0.5, 0.6) is 0 Å². The van der Waals surface area contributed by atoms with Crippen LogP contribution in [0.2, 0.25) is 0 Å². The van der Waals surface area contributed by atoms with Crippen LogP contribution < -0.4 is 5.32 Å². The maximum Gasteiger partial charge on any atom is 0.339 e. The van der Waals surface area contributed by atoms with E-state index < -0.39 is 23.9 Å². The highest BCUT2D eigenvalue weighted by Gasteiger charge is 2.19. The molecule has 0 bridgehead atoms. The standard InChI is InChI=1S/C13H15NO5/c1-8(19-9(2)15)12(16)14-11-7-5-4-6-10(11)13(17)18-3/h4-8H,1-3H3,(H,14,16)/t8-/m0/s1. The van der Waals surface area contributed by atoms with E-state index >= 15 is 0 Å². The number of para-hydroxylation sites is 1. The lowest BCUT2D eigenvalue weighted by Gasteiger charge is -2.14. The Labute approximate surface area is 110 Å². The molecule has 1 atom stereocenters. The van der Waals surface area contributed by atoms with Gasteiger partial charge in [-0.1, -0.05) is 12.1 Å². The molecule has 1 aromatic carbocycles. The fourth-order valence-electron chi connectivity index (χ4n) is 1.42. The van der Waals surface area contributed by atoms with Crippen LogP contribution in [-0.2, 0) is 19.1 Å². The number of rotatable bonds is 4. The minimum absolute atomic E-state index is 0.230. The third-order valence-corrected chi connectivity index (χ3v) is 2.30. The van der Waals surface area contributed by atoms with Gasteiger partial charge in [0.15, 0.2) is 6.10 Å². The molecule has 19 heavy (non-hydrogen) atoms. The molecule has 1 amide bonds. The minimum Gasteiger partial charge on any atom is -0.465 e. The number of esters is 2. The van der Waals surface area contributed by atoms with E-state index in [0.29, 0.717) is 5.69 Å². The van der Waals surface area contributed by atoms with Gasteiger partial charge in [-0.2, -0.15) is 0 Å². The molecule has 0 unspecified atom stereocenters. The summed E-state index contributed by atoms with van der Waals surface area (Å²) in [6.45, 7) is 2.66. The second-order valence-corrected chi connectivity index (χ2v) is 3.78. The molecule has 102 valence electrons. The molecule has 1 rings (SSSR count). The number of hydrogen-bond donors (Lipinski definition) is 1. The first-order valence-electron chi connectivity index (χ1n) is 5.61. The number of hydrogen-bond acceptors (Lipinski definition) is 5. The molecule has 0 heterocycles. The summed E-state index contributed by atoms with van der Waals surface area (Å²) in [6.07, 6.45) is -0.941. The molecule has 0 spiro atoms. The zero-order chi connectivity index (χ0) is 14.4. The van der Waals surface area contributed by atoms with Gasteiger partial charge < -0.3 is 14.8 Å². The Balaban J connectivity index is 2.85. The Hall–Kier alpha value is -2.37. The van der Waals surface area contributed by atoms with Gasteiger partial charge in [-0.05, 0) is 19.1 Å². The first-order chi connectivity index (χ1) is 8.95. The zero-order valence-electron chi connectivity index (χ0n) is 10.9. The molecule has 0 aliphatic heterocycles. The first kappa shape index (κ1) is 14.7. The second-order valence-electron chi connectivity index (χ2n) is 3.78. The Kier molecular flexibility index (Phi) is 5.05. The van der Waals surface area contributed by atoms with Crippen molar-refractivity contribution in [2.24, 2.45) is 0 Å². The van der Waals surface area contributed by atoms with Crippen LogP contribution in [0.15, 0.2) is 24.3 Å². The Morgan fingerprint density at radius 1 is 1.21 bits per heavy atom. The first-order valence-corrected chi connectivity index (χ1v) is 5.61. The Morgan fingerprint density at radius 2 is 1.84 bits per heavy atom. The molecule has 0 aliphatic carbocycles. The predicted octanol–water partition coefficient (Wildman–Crippen LogP) is 1.36. The maximum atomic E-state index is 11.8. The maximum absolute atomic E-state index is 11.8. The third kappa shape index (κ3) is 4.09. The fraction of sp³-hybridized carbons (Fsp3) is 0.308. The smallest absolute Gasteiger partial charge is 0.339 e. The minimum atomic E-state index is -0.941. The number of ether oxygens (including phenoxy) is 2. The van der Waals surface area contributed by atoms with Crippen LogP contribution in [0.4, 0.5) is 5.69 Å². The third-order valence-electron chi connectivity index (χ3n) is 2.30. The molecule has 0 saturated carbocycles. The molecule has 0 saturated heterocycles. The van der Waals surface area contributed by atoms with Gasteiger partial charge >= 0.3 is 11.9 Å². The van der Waals surface area contributed by atoms with Crippen molar-refractivity contribution in [3.63, 3.8) is 0 Å². The molecule has 0 aliphatic rings. The summed E-state index contributed by atoms with van der Waals surface area (Å²) in [7, 11) is 1.25. The van der Waals surface area contributed by atoms with Crippen molar-refractivity contribution in [1.29, 1.82) is 0 Å². The zero-order valence-corrected chi connectivity index (χ0v) is 10.9. The number of methoxy groups -OCH3 is 1. The van der Waals surface area contributed by atoms with Crippen LogP contribution in [-0.4, -0.2) is 31.1 Å². The highest BCUT2D eigenvalue weighted by atomic mass is 16.5. The molecule has 6 nitrogen and oxygen atoms in total. The van der Waals surface area contributed by atoms with Crippen molar-refractivity contribution in [2.45, 2.75) is 20.0 Å². The summed E-state index contributed by atoms with van der Waals surface area (Å²) in [6, 6.07) is 6.40. The van der Waals surface area contributed by atoms with Crippen LogP contribution in [0, 0.1) is 0 Å². The lowest BCUT2D eigenvalue weighted by Crippen LogP contribution is -2.29. The van der Waals surface area contributed by atoms with Gasteiger partial charge in [-0.15, -0.1) is 0 Å². The predicted molar refractivity (Wildman–Crippen MR) is 67.6 cm³/mol. The van der Waals surface area contributed by atoms with Crippen molar-refractivity contribution in [2.75, 3.05) is 12.4 Å². The highest BCUT2D eigenvalue weighted by molar-refractivity contribution is 6.02. The van der Waals surface area contributed by atoms with E-state index in [0.717, 1.165) is 0 Å². The molecule has 0 aromatic heterocycles. The summed E-state index contributed by atoms with van der Waals surface area (Å²) in [5.41, 5.74) is 0.534.